The number of rotatable bonds is 4. The number of aryl methyl sites for hydroxylation is 2. The number of benzene rings is 2. The van der Waals surface area contributed by atoms with Gasteiger partial charge in [-0.15, -0.1) is 0 Å². The molecule has 2 aliphatic heterocycles. The Kier molecular flexibility index (Phi) is 4.92. The van der Waals surface area contributed by atoms with Crippen LogP contribution in [0.3, 0.4) is 0 Å². The van der Waals surface area contributed by atoms with Crippen LogP contribution in [0.4, 0.5) is 0 Å². The SMILES string of the molecule is Cc1ccc(C(=O)C2CC3COCC(C2)N3Cc2ccccc2)cc1C. The van der Waals surface area contributed by atoms with Crippen LogP contribution >= 0.6 is 0 Å². The zero-order valence-corrected chi connectivity index (χ0v) is 15.7. The molecule has 4 rings (SSSR count). The number of ketones is 1. The largest absolute Gasteiger partial charge is 0.378 e. The van der Waals surface area contributed by atoms with Crippen LogP contribution in [0.1, 0.15) is 39.9 Å². The van der Waals surface area contributed by atoms with Gasteiger partial charge in [0.05, 0.1) is 13.2 Å². The van der Waals surface area contributed by atoms with Gasteiger partial charge >= 0.3 is 0 Å². The summed E-state index contributed by atoms with van der Waals surface area (Å²) < 4.78 is 5.82. The highest BCUT2D eigenvalue weighted by atomic mass is 16.5. The molecule has 26 heavy (non-hydrogen) atoms. The van der Waals surface area contributed by atoms with E-state index in [0.717, 1.165) is 38.2 Å². The van der Waals surface area contributed by atoms with Gasteiger partial charge in [0.25, 0.3) is 0 Å². The minimum absolute atomic E-state index is 0.114. The summed E-state index contributed by atoms with van der Waals surface area (Å²) in [5.41, 5.74) is 4.64. The van der Waals surface area contributed by atoms with Crippen LogP contribution < -0.4 is 0 Å². The van der Waals surface area contributed by atoms with Crippen molar-refractivity contribution < 1.29 is 9.53 Å². The number of carbonyl (C=O) groups is 1. The summed E-state index contributed by atoms with van der Waals surface area (Å²) in [7, 11) is 0. The number of piperidine rings is 1. The van der Waals surface area contributed by atoms with Crippen LogP contribution in [-0.2, 0) is 11.3 Å². The van der Waals surface area contributed by atoms with Gasteiger partial charge in [0, 0.05) is 30.1 Å². The van der Waals surface area contributed by atoms with E-state index in [4.69, 9.17) is 4.74 Å². The quantitative estimate of drug-likeness (QED) is 0.776. The van der Waals surface area contributed by atoms with Crippen LogP contribution in [0.5, 0.6) is 0 Å². The van der Waals surface area contributed by atoms with E-state index in [9.17, 15) is 4.79 Å². The van der Waals surface area contributed by atoms with Gasteiger partial charge in [-0.3, -0.25) is 9.69 Å². The standard InChI is InChI=1S/C23H27NO2/c1-16-8-9-19(10-17(16)2)23(25)20-11-21-14-26-15-22(12-20)24(21)13-18-6-4-3-5-7-18/h3-10,20-22H,11-15H2,1-2H3. The maximum absolute atomic E-state index is 13.1. The number of nitrogens with zero attached hydrogens (tertiary/aromatic N) is 1. The van der Waals surface area contributed by atoms with Crippen molar-refractivity contribution in [2.45, 2.75) is 45.3 Å². The predicted octanol–water partition coefficient (Wildman–Crippen LogP) is 4.17. The van der Waals surface area contributed by atoms with Crippen molar-refractivity contribution in [3.63, 3.8) is 0 Å². The van der Waals surface area contributed by atoms with E-state index in [-0.39, 0.29) is 5.92 Å². The molecule has 0 aliphatic carbocycles. The second-order valence-corrected chi connectivity index (χ2v) is 7.83. The van der Waals surface area contributed by atoms with Crippen molar-refractivity contribution in [3.05, 3.63) is 70.8 Å². The topological polar surface area (TPSA) is 29.5 Å². The van der Waals surface area contributed by atoms with Crippen LogP contribution in [0.25, 0.3) is 0 Å². The number of morpholine rings is 1. The van der Waals surface area contributed by atoms with E-state index in [1.807, 2.05) is 6.07 Å². The summed E-state index contributed by atoms with van der Waals surface area (Å²) >= 11 is 0. The van der Waals surface area contributed by atoms with Crippen molar-refractivity contribution in [1.29, 1.82) is 0 Å². The van der Waals surface area contributed by atoms with Gasteiger partial charge in [0.1, 0.15) is 0 Å². The second kappa shape index (κ2) is 7.34. The Hall–Kier alpha value is -1.97. The third-order valence-electron chi connectivity index (χ3n) is 6.04. The van der Waals surface area contributed by atoms with Gasteiger partial charge in [-0.2, -0.15) is 0 Å². The molecular weight excluding hydrogens is 322 g/mol. The molecule has 2 saturated heterocycles. The highest BCUT2D eigenvalue weighted by Gasteiger charge is 2.41. The Bertz CT molecular complexity index is 772. The first-order valence-electron chi connectivity index (χ1n) is 9.60. The lowest BCUT2D eigenvalue weighted by molar-refractivity contribution is -0.0872. The van der Waals surface area contributed by atoms with Crippen molar-refractivity contribution >= 4 is 5.78 Å². The van der Waals surface area contributed by atoms with Crippen molar-refractivity contribution in [2.75, 3.05) is 13.2 Å². The van der Waals surface area contributed by atoms with E-state index in [0.29, 0.717) is 17.9 Å². The van der Waals surface area contributed by atoms with Crippen molar-refractivity contribution in [1.82, 2.24) is 4.90 Å². The summed E-state index contributed by atoms with van der Waals surface area (Å²) in [6, 6.07) is 17.4. The molecule has 2 fully saturated rings. The number of carbonyl (C=O) groups excluding carboxylic acids is 1. The maximum atomic E-state index is 13.1. The molecule has 2 atom stereocenters. The zero-order valence-electron chi connectivity index (χ0n) is 15.7. The molecule has 3 nitrogen and oxygen atoms in total. The Morgan fingerprint density at radius 1 is 1.00 bits per heavy atom. The third-order valence-corrected chi connectivity index (χ3v) is 6.04. The van der Waals surface area contributed by atoms with E-state index in [1.165, 1.54) is 16.7 Å². The fourth-order valence-corrected chi connectivity index (χ4v) is 4.39. The van der Waals surface area contributed by atoms with Crippen molar-refractivity contribution in [3.8, 4) is 0 Å². The number of fused-ring (bicyclic) bond motifs is 2. The molecular formula is C23H27NO2. The lowest BCUT2D eigenvalue weighted by atomic mass is 9.80. The Labute approximate surface area is 156 Å². The fourth-order valence-electron chi connectivity index (χ4n) is 4.39. The highest BCUT2D eigenvalue weighted by molar-refractivity contribution is 5.98. The highest BCUT2D eigenvalue weighted by Crippen LogP contribution is 2.34. The minimum Gasteiger partial charge on any atom is -0.378 e. The molecule has 136 valence electrons. The van der Waals surface area contributed by atoms with Crippen LogP contribution in [0.2, 0.25) is 0 Å². The molecule has 0 saturated carbocycles. The normalized spacial score (nSPS) is 25.8. The van der Waals surface area contributed by atoms with Gasteiger partial charge in [0.15, 0.2) is 5.78 Å². The first-order valence-corrected chi connectivity index (χ1v) is 9.60. The molecule has 2 aromatic rings. The lowest BCUT2D eigenvalue weighted by Gasteiger charge is -2.48. The molecule has 0 aromatic heterocycles. The van der Waals surface area contributed by atoms with E-state index < -0.39 is 0 Å². The maximum Gasteiger partial charge on any atom is 0.166 e. The summed E-state index contributed by atoms with van der Waals surface area (Å²) in [4.78, 5) is 15.7. The number of hydrogen-bond acceptors (Lipinski definition) is 3. The predicted molar refractivity (Wildman–Crippen MR) is 103 cm³/mol. The van der Waals surface area contributed by atoms with E-state index in [1.54, 1.807) is 0 Å². The monoisotopic (exact) mass is 349 g/mol. The van der Waals surface area contributed by atoms with E-state index >= 15 is 0 Å². The lowest BCUT2D eigenvalue weighted by Crippen LogP contribution is -2.57. The molecule has 0 spiro atoms. The molecule has 3 heteroatoms. The van der Waals surface area contributed by atoms with Crippen molar-refractivity contribution in [2.24, 2.45) is 5.92 Å². The zero-order chi connectivity index (χ0) is 18.1. The summed E-state index contributed by atoms with van der Waals surface area (Å²) in [6.07, 6.45) is 1.80. The smallest absolute Gasteiger partial charge is 0.166 e. The van der Waals surface area contributed by atoms with Gasteiger partial charge < -0.3 is 4.74 Å². The third kappa shape index (κ3) is 3.46. The van der Waals surface area contributed by atoms with Gasteiger partial charge in [-0.05, 0) is 49.4 Å². The average molecular weight is 349 g/mol. The molecule has 2 aromatic carbocycles. The van der Waals surface area contributed by atoms with Crippen LogP contribution in [-0.4, -0.2) is 36.0 Å². The Balaban J connectivity index is 1.50. The van der Waals surface area contributed by atoms with E-state index in [2.05, 4.69) is 61.2 Å². The Morgan fingerprint density at radius 2 is 1.69 bits per heavy atom. The first kappa shape index (κ1) is 17.4. The first-order chi connectivity index (χ1) is 12.6. The number of ether oxygens (including phenoxy) is 1. The molecule has 0 N–H and O–H groups in total. The summed E-state index contributed by atoms with van der Waals surface area (Å²) in [5, 5.41) is 0. The molecule has 0 radical (unpaired) electrons. The molecule has 0 amide bonds. The average Bonchev–Trinajstić information content (AvgIpc) is 2.64. The molecule has 2 bridgehead atoms. The molecule has 2 heterocycles. The van der Waals surface area contributed by atoms with Gasteiger partial charge in [-0.1, -0.05) is 42.5 Å². The Morgan fingerprint density at radius 3 is 2.35 bits per heavy atom. The number of hydrogen-bond donors (Lipinski definition) is 0. The summed E-state index contributed by atoms with van der Waals surface area (Å²) in [6.45, 7) is 6.59. The second-order valence-electron chi connectivity index (χ2n) is 7.83. The fraction of sp³-hybridized carbons (Fsp3) is 0.435. The van der Waals surface area contributed by atoms with Crippen LogP contribution in [0, 0.1) is 19.8 Å². The van der Waals surface area contributed by atoms with Gasteiger partial charge in [0.2, 0.25) is 0 Å². The molecule has 2 aliphatic rings. The molecule has 2 unspecified atom stereocenters. The van der Waals surface area contributed by atoms with Gasteiger partial charge in [-0.25, -0.2) is 0 Å². The minimum atomic E-state index is 0.114. The summed E-state index contributed by atoms with van der Waals surface area (Å²) in [5.74, 6) is 0.424. The number of Topliss-reactive ketones (excluding diaryl/α,β-unsaturated/α-hetero) is 1. The van der Waals surface area contributed by atoms with Crippen LogP contribution in [0.15, 0.2) is 48.5 Å².